The number of carbonyl (C=O) groups is 1. The van der Waals surface area contributed by atoms with Crippen LogP contribution >= 0.6 is 0 Å². The second-order valence-electron chi connectivity index (χ2n) is 8.35. The van der Waals surface area contributed by atoms with Gasteiger partial charge in [-0.15, -0.1) is 0 Å². The second-order valence-corrected chi connectivity index (χ2v) is 8.35. The van der Waals surface area contributed by atoms with Crippen molar-refractivity contribution in [2.45, 2.75) is 19.0 Å². The van der Waals surface area contributed by atoms with Crippen molar-refractivity contribution in [3.63, 3.8) is 0 Å². The number of benzene rings is 2. The lowest BCUT2D eigenvalue weighted by atomic mass is 9.93. The number of carbonyl (C=O) groups excluding carboxylic acids is 1. The molecule has 1 aliphatic rings. The van der Waals surface area contributed by atoms with Crippen LogP contribution in [0.25, 0.3) is 27.4 Å². The van der Waals surface area contributed by atoms with Gasteiger partial charge in [-0.2, -0.15) is 0 Å². The normalized spacial score (nSPS) is 16.5. The second kappa shape index (κ2) is 7.70. The minimum absolute atomic E-state index is 0.183. The number of amides is 1. The van der Waals surface area contributed by atoms with Crippen LogP contribution < -0.4 is 0 Å². The Morgan fingerprint density at radius 2 is 1.67 bits per heavy atom. The molecule has 0 saturated carbocycles. The maximum atomic E-state index is 13.4. The molecule has 1 amide bonds. The van der Waals surface area contributed by atoms with E-state index in [1.54, 1.807) is 17.4 Å². The summed E-state index contributed by atoms with van der Waals surface area (Å²) in [5, 5.41) is 13.2. The van der Waals surface area contributed by atoms with E-state index in [-0.39, 0.29) is 11.7 Å². The highest BCUT2D eigenvalue weighted by Crippen LogP contribution is 2.46. The molecule has 164 valence electrons. The number of aliphatic hydroxyl groups is 1. The van der Waals surface area contributed by atoms with Crippen molar-refractivity contribution in [1.29, 1.82) is 0 Å². The number of aromatic nitrogens is 4. The summed E-state index contributed by atoms with van der Waals surface area (Å²) in [7, 11) is 0. The molecule has 0 radical (unpaired) electrons. The third-order valence-corrected chi connectivity index (χ3v) is 6.47. The van der Waals surface area contributed by atoms with E-state index in [0.717, 1.165) is 45.9 Å². The Labute approximate surface area is 190 Å². The number of aromatic amines is 2. The minimum atomic E-state index is -0.393. The number of aliphatic hydroxyl groups excluding tert-OH is 1. The predicted octanol–water partition coefficient (Wildman–Crippen LogP) is 4.79. The minimum Gasteiger partial charge on any atom is -0.503 e. The van der Waals surface area contributed by atoms with Crippen LogP contribution in [-0.4, -0.2) is 42.0 Å². The van der Waals surface area contributed by atoms with Gasteiger partial charge < -0.3 is 24.5 Å². The summed E-state index contributed by atoms with van der Waals surface area (Å²) >= 11 is 0. The topological polar surface area (TPSA) is 89.9 Å². The predicted molar refractivity (Wildman–Crippen MR) is 127 cm³/mol. The third kappa shape index (κ3) is 3.12. The number of H-pyrrole nitrogens is 2. The summed E-state index contributed by atoms with van der Waals surface area (Å²) in [5.74, 6) is -0.520. The van der Waals surface area contributed by atoms with Gasteiger partial charge in [0.1, 0.15) is 0 Å². The Morgan fingerprint density at radius 1 is 0.939 bits per heavy atom. The molecular formula is C26H23N5O2. The summed E-state index contributed by atoms with van der Waals surface area (Å²) in [6, 6.07) is 15.6. The van der Waals surface area contributed by atoms with E-state index in [1.807, 2.05) is 65.6 Å². The lowest BCUT2D eigenvalue weighted by Crippen LogP contribution is -2.31. The Hall–Kier alpha value is -4.26. The average Bonchev–Trinajstić information content (AvgIpc) is 3.62. The molecule has 7 heteroatoms. The van der Waals surface area contributed by atoms with Gasteiger partial charge >= 0.3 is 0 Å². The molecule has 1 unspecified atom stereocenters. The van der Waals surface area contributed by atoms with Crippen molar-refractivity contribution in [2.24, 2.45) is 0 Å². The molecule has 0 aliphatic carbocycles. The number of nitrogens with one attached hydrogen (secondary N) is 2. The summed E-state index contributed by atoms with van der Waals surface area (Å²) in [6.45, 7) is 1.25. The van der Waals surface area contributed by atoms with Crippen LogP contribution in [0.15, 0.2) is 85.4 Å². The standard InChI is InChI=1S/C26H23N5O2/c32-25-23(19-14-28-21-8-3-1-6-17(19)21)24(20-15-29-22-9-4-2-7-18(20)22)31(26(25)33)12-5-11-30-13-10-27-16-30/h1-4,6-10,13-16,24,28-29,32H,5,11-12H2. The first-order valence-electron chi connectivity index (χ1n) is 11.0. The van der Waals surface area contributed by atoms with E-state index >= 15 is 0 Å². The van der Waals surface area contributed by atoms with Crippen LogP contribution in [0.2, 0.25) is 0 Å². The molecule has 1 aliphatic heterocycles. The largest absolute Gasteiger partial charge is 0.503 e. The fourth-order valence-corrected chi connectivity index (χ4v) is 4.94. The Balaban J connectivity index is 1.46. The molecule has 33 heavy (non-hydrogen) atoms. The van der Waals surface area contributed by atoms with Crippen molar-refractivity contribution >= 4 is 33.3 Å². The van der Waals surface area contributed by atoms with Gasteiger partial charge in [-0.3, -0.25) is 4.79 Å². The highest BCUT2D eigenvalue weighted by atomic mass is 16.3. The van der Waals surface area contributed by atoms with Gasteiger partial charge in [0.15, 0.2) is 5.76 Å². The van der Waals surface area contributed by atoms with E-state index in [2.05, 4.69) is 21.0 Å². The van der Waals surface area contributed by atoms with Crippen LogP contribution in [0.3, 0.4) is 0 Å². The van der Waals surface area contributed by atoms with Crippen molar-refractivity contribution < 1.29 is 9.90 Å². The van der Waals surface area contributed by atoms with Crippen LogP contribution in [0, 0.1) is 0 Å². The zero-order valence-electron chi connectivity index (χ0n) is 17.9. The van der Waals surface area contributed by atoms with Gasteiger partial charge in [-0.25, -0.2) is 4.98 Å². The smallest absolute Gasteiger partial charge is 0.289 e. The molecule has 4 heterocycles. The number of para-hydroxylation sites is 2. The number of hydrogen-bond acceptors (Lipinski definition) is 3. The van der Waals surface area contributed by atoms with Gasteiger partial charge in [0.05, 0.1) is 12.4 Å². The number of nitrogens with zero attached hydrogens (tertiary/aromatic N) is 3. The van der Waals surface area contributed by atoms with E-state index in [0.29, 0.717) is 12.1 Å². The fraction of sp³-hybridized carbons (Fsp3) is 0.154. The highest BCUT2D eigenvalue weighted by Gasteiger charge is 2.42. The van der Waals surface area contributed by atoms with Crippen molar-refractivity contribution in [2.75, 3.05) is 6.54 Å². The monoisotopic (exact) mass is 437 g/mol. The molecule has 7 nitrogen and oxygen atoms in total. The van der Waals surface area contributed by atoms with Crippen LogP contribution in [0.5, 0.6) is 0 Å². The average molecular weight is 438 g/mol. The van der Waals surface area contributed by atoms with Gasteiger partial charge in [0.2, 0.25) is 0 Å². The SMILES string of the molecule is O=C1C(O)=C(c2c[nH]c3ccccc23)C(c2c[nH]c3ccccc23)N1CCCn1ccnc1. The maximum Gasteiger partial charge on any atom is 0.289 e. The van der Waals surface area contributed by atoms with Gasteiger partial charge in [-0.05, 0) is 18.6 Å². The molecule has 0 spiro atoms. The summed E-state index contributed by atoms with van der Waals surface area (Å²) < 4.78 is 2.00. The molecular weight excluding hydrogens is 414 g/mol. The van der Waals surface area contributed by atoms with E-state index in [4.69, 9.17) is 0 Å². The molecule has 0 fully saturated rings. The van der Waals surface area contributed by atoms with Crippen LogP contribution in [0.1, 0.15) is 23.6 Å². The molecule has 6 rings (SSSR count). The summed E-state index contributed by atoms with van der Waals surface area (Å²) in [5.41, 5.74) is 4.44. The van der Waals surface area contributed by atoms with E-state index in [1.165, 1.54) is 0 Å². The Morgan fingerprint density at radius 3 is 2.45 bits per heavy atom. The first kappa shape index (κ1) is 19.4. The van der Waals surface area contributed by atoms with Crippen molar-refractivity contribution in [3.8, 4) is 0 Å². The van der Waals surface area contributed by atoms with Gasteiger partial charge in [0, 0.05) is 76.4 Å². The Kier molecular flexibility index (Phi) is 4.54. The lowest BCUT2D eigenvalue weighted by molar-refractivity contribution is -0.129. The summed E-state index contributed by atoms with van der Waals surface area (Å²) in [4.78, 5) is 25.9. The molecule has 1 atom stereocenters. The highest BCUT2D eigenvalue weighted by molar-refractivity contribution is 6.09. The number of hydrogen-bond donors (Lipinski definition) is 3. The molecule has 3 aromatic heterocycles. The molecule has 0 bridgehead atoms. The molecule has 5 aromatic rings. The van der Waals surface area contributed by atoms with Crippen LogP contribution in [0.4, 0.5) is 0 Å². The number of fused-ring (bicyclic) bond motifs is 2. The number of rotatable bonds is 6. The molecule has 2 aromatic carbocycles. The summed E-state index contributed by atoms with van der Waals surface area (Å²) in [6.07, 6.45) is 10.0. The Bertz CT molecular complexity index is 1490. The lowest BCUT2D eigenvalue weighted by Gasteiger charge is -2.27. The number of imidazole rings is 1. The molecule has 0 saturated heterocycles. The van der Waals surface area contributed by atoms with Crippen LogP contribution in [-0.2, 0) is 11.3 Å². The first-order valence-corrected chi connectivity index (χ1v) is 11.0. The zero-order chi connectivity index (χ0) is 22.4. The maximum absolute atomic E-state index is 13.4. The van der Waals surface area contributed by atoms with Gasteiger partial charge in [-0.1, -0.05) is 36.4 Å². The number of aryl methyl sites for hydroxylation is 1. The van der Waals surface area contributed by atoms with Gasteiger partial charge in [0.25, 0.3) is 5.91 Å². The van der Waals surface area contributed by atoms with E-state index < -0.39 is 6.04 Å². The molecule has 3 N–H and O–H groups in total. The van der Waals surface area contributed by atoms with Crippen molar-refractivity contribution in [1.82, 2.24) is 24.4 Å². The first-order chi connectivity index (χ1) is 16.2. The van der Waals surface area contributed by atoms with Crippen molar-refractivity contribution in [3.05, 3.63) is 96.5 Å². The van der Waals surface area contributed by atoms with E-state index in [9.17, 15) is 9.90 Å². The quantitative estimate of drug-likeness (QED) is 0.357. The zero-order valence-corrected chi connectivity index (χ0v) is 17.9. The fourth-order valence-electron chi connectivity index (χ4n) is 4.94. The third-order valence-electron chi connectivity index (χ3n) is 6.47.